The Bertz CT molecular complexity index is 988. The van der Waals surface area contributed by atoms with Crippen molar-refractivity contribution in [2.45, 2.75) is 23.8 Å². The van der Waals surface area contributed by atoms with Gasteiger partial charge in [0.05, 0.1) is 23.1 Å². The van der Waals surface area contributed by atoms with Gasteiger partial charge in [-0.1, -0.05) is 29.8 Å². The molecule has 8 heteroatoms. The van der Waals surface area contributed by atoms with Crippen LogP contribution in [0, 0.1) is 0 Å². The molecule has 0 radical (unpaired) electrons. The Morgan fingerprint density at radius 3 is 2.55 bits per heavy atom. The van der Waals surface area contributed by atoms with E-state index in [0.717, 1.165) is 43.5 Å². The third-order valence-electron chi connectivity index (χ3n) is 5.13. The highest BCUT2D eigenvalue weighted by atomic mass is 35.5. The standard InChI is InChI=1S/C21H25ClN2O4S/c1-28-19-8-4-3-7-16(19)18(24-11-5-6-12-24)14-23-21(25)15-9-10-17(22)20(13-15)29(2,26)27/h3-4,7-10,13,18H,5-6,11-12,14H2,1-2H3,(H,23,25). The summed E-state index contributed by atoms with van der Waals surface area (Å²) in [5, 5.41) is 3.05. The molecule has 1 unspecified atom stereocenters. The van der Waals surface area contributed by atoms with Gasteiger partial charge < -0.3 is 10.1 Å². The van der Waals surface area contributed by atoms with Crippen molar-refractivity contribution >= 4 is 27.3 Å². The van der Waals surface area contributed by atoms with Crippen molar-refractivity contribution in [1.29, 1.82) is 0 Å². The molecule has 0 saturated carbocycles. The van der Waals surface area contributed by atoms with Crippen molar-refractivity contribution in [3.05, 3.63) is 58.6 Å². The number of benzene rings is 2. The summed E-state index contributed by atoms with van der Waals surface area (Å²) in [7, 11) is -1.88. The quantitative estimate of drug-likeness (QED) is 0.720. The molecule has 2 aromatic carbocycles. The maximum Gasteiger partial charge on any atom is 0.251 e. The molecule has 1 fully saturated rings. The smallest absolute Gasteiger partial charge is 0.251 e. The molecule has 1 atom stereocenters. The fraction of sp³-hybridized carbons (Fsp3) is 0.381. The highest BCUT2D eigenvalue weighted by molar-refractivity contribution is 7.90. The topological polar surface area (TPSA) is 75.7 Å². The molecule has 3 rings (SSSR count). The van der Waals surface area contributed by atoms with Crippen LogP contribution in [-0.4, -0.2) is 52.2 Å². The Kier molecular flexibility index (Phi) is 6.82. The number of rotatable bonds is 7. The second-order valence-electron chi connectivity index (χ2n) is 7.13. The van der Waals surface area contributed by atoms with Gasteiger partial charge in [0, 0.05) is 23.9 Å². The number of carbonyl (C=O) groups is 1. The molecule has 0 aliphatic carbocycles. The van der Waals surface area contributed by atoms with Crippen molar-refractivity contribution in [2.75, 3.05) is 33.0 Å². The molecule has 1 aliphatic heterocycles. The van der Waals surface area contributed by atoms with Crippen molar-refractivity contribution in [1.82, 2.24) is 10.2 Å². The number of ether oxygens (including phenoxy) is 1. The van der Waals surface area contributed by atoms with Gasteiger partial charge in [-0.15, -0.1) is 0 Å². The Labute approximate surface area is 176 Å². The number of amides is 1. The molecule has 1 N–H and O–H groups in total. The predicted molar refractivity (Wildman–Crippen MR) is 113 cm³/mol. The Hall–Kier alpha value is -2.09. The number of sulfone groups is 1. The van der Waals surface area contributed by atoms with Crippen LogP contribution in [0.15, 0.2) is 47.4 Å². The van der Waals surface area contributed by atoms with Gasteiger partial charge in [0.1, 0.15) is 5.75 Å². The van der Waals surface area contributed by atoms with Crippen LogP contribution in [0.25, 0.3) is 0 Å². The van der Waals surface area contributed by atoms with Gasteiger partial charge in [-0.3, -0.25) is 9.69 Å². The van der Waals surface area contributed by atoms with E-state index in [1.54, 1.807) is 7.11 Å². The maximum atomic E-state index is 12.7. The minimum Gasteiger partial charge on any atom is -0.496 e. The molecule has 29 heavy (non-hydrogen) atoms. The minimum absolute atomic E-state index is 0.0284. The third-order valence-corrected chi connectivity index (χ3v) is 6.71. The predicted octanol–water partition coefficient (Wildman–Crippen LogP) is 3.32. The first kappa shape index (κ1) is 21.6. The number of nitrogens with zero attached hydrogens (tertiary/aromatic N) is 1. The number of likely N-dealkylation sites (tertiary alicyclic amines) is 1. The molecule has 2 aromatic rings. The molecule has 156 valence electrons. The number of halogens is 1. The van der Waals surface area contributed by atoms with Crippen LogP contribution >= 0.6 is 11.6 Å². The van der Waals surface area contributed by atoms with Crippen LogP contribution in [0.3, 0.4) is 0 Å². The van der Waals surface area contributed by atoms with Gasteiger partial charge >= 0.3 is 0 Å². The van der Waals surface area contributed by atoms with E-state index in [0.29, 0.717) is 6.54 Å². The molecule has 0 aromatic heterocycles. The molecule has 0 spiro atoms. The van der Waals surface area contributed by atoms with Crippen molar-refractivity contribution in [3.8, 4) is 5.75 Å². The van der Waals surface area contributed by atoms with E-state index in [9.17, 15) is 13.2 Å². The first-order valence-corrected chi connectivity index (χ1v) is 11.7. The maximum absolute atomic E-state index is 12.7. The van der Waals surface area contributed by atoms with Crippen LogP contribution < -0.4 is 10.1 Å². The zero-order valence-electron chi connectivity index (χ0n) is 16.5. The van der Waals surface area contributed by atoms with Crippen molar-refractivity contribution in [2.24, 2.45) is 0 Å². The number of para-hydroxylation sites is 1. The zero-order valence-corrected chi connectivity index (χ0v) is 18.1. The summed E-state index contributed by atoms with van der Waals surface area (Å²) in [6, 6.07) is 12.1. The van der Waals surface area contributed by atoms with Crippen LogP contribution in [0.2, 0.25) is 5.02 Å². The highest BCUT2D eigenvalue weighted by Gasteiger charge is 2.26. The SMILES string of the molecule is COc1ccccc1C(CNC(=O)c1ccc(Cl)c(S(C)(=O)=O)c1)N1CCCC1. The monoisotopic (exact) mass is 436 g/mol. The van der Waals surface area contributed by atoms with Crippen LogP contribution in [-0.2, 0) is 9.84 Å². The number of carbonyl (C=O) groups excluding carboxylic acids is 1. The van der Waals surface area contributed by atoms with E-state index in [-0.39, 0.29) is 27.4 Å². The van der Waals surface area contributed by atoms with Gasteiger partial charge in [0.2, 0.25) is 0 Å². The van der Waals surface area contributed by atoms with E-state index in [1.165, 1.54) is 18.2 Å². The fourth-order valence-electron chi connectivity index (χ4n) is 3.65. The first-order chi connectivity index (χ1) is 13.8. The lowest BCUT2D eigenvalue weighted by atomic mass is 10.0. The summed E-state index contributed by atoms with van der Waals surface area (Å²) in [6.45, 7) is 2.30. The zero-order chi connectivity index (χ0) is 21.0. The third kappa shape index (κ3) is 5.10. The number of hydrogen-bond acceptors (Lipinski definition) is 5. The molecule has 6 nitrogen and oxygen atoms in total. The lowest BCUT2D eigenvalue weighted by molar-refractivity contribution is 0.0937. The summed E-state index contributed by atoms with van der Waals surface area (Å²) in [5.74, 6) is 0.440. The Morgan fingerprint density at radius 2 is 1.90 bits per heavy atom. The number of methoxy groups -OCH3 is 1. The summed E-state index contributed by atoms with van der Waals surface area (Å²) in [5.41, 5.74) is 1.28. The second-order valence-corrected chi connectivity index (χ2v) is 9.52. The second kappa shape index (κ2) is 9.15. The molecule has 1 aliphatic rings. The summed E-state index contributed by atoms with van der Waals surface area (Å²) < 4.78 is 29.3. The Morgan fingerprint density at radius 1 is 1.21 bits per heavy atom. The molecule has 0 bridgehead atoms. The van der Waals surface area contributed by atoms with Crippen molar-refractivity contribution < 1.29 is 17.9 Å². The molecule has 1 saturated heterocycles. The fourth-order valence-corrected chi connectivity index (χ4v) is 4.95. The lowest BCUT2D eigenvalue weighted by Gasteiger charge is -2.29. The van der Waals surface area contributed by atoms with Gasteiger partial charge in [-0.2, -0.15) is 0 Å². The highest BCUT2D eigenvalue weighted by Crippen LogP contribution is 2.31. The van der Waals surface area contributed by atoms with E-state index in [4.69, 9.17) is 16.3 Å². The summed E-state index contributed by atoms with van der Waals surface area (Å²) >= 11 is 5.98. The van der Waals surface area contributed by atoms with E-state index < -0.39 is 9.84 Å². The molecular weight excluding hydrogens is 412 g/mol. The lowest BCUT2D eigenvalue weighted by Crippen LogP contribution is -2.37. The Balaban J connectivity index is 1.82. The number of nitrogens with one attached hydrogen (secondary N) is 1. The van der Waals surface area contributed by atoms with Crippen LogP contribution in [0.4, 0.5) is 0 Å². The van der Waals surface area contributed by atoms with Crippen molar-refractivity contribution in [3.63, 3.8) is 0 Å². The van der Waals surface area contributed by atoms with E-state index in [1.807, 2.05) is 24.3 Å². The summed E-state index contributed by atoms with van der Waals surface area (Å²) in [4.78, 5) is 15.0. The average Bonchev–Trinajstić information content (AvgIpc) is 3.22. The number of hydrogen-bond donors (Lipinski definition) is 1. The normalized spacial score (nSPS) is 15.8. The summed E-state index contributed by atoms with van der Waals surface area (Å²) in [6.07, 6.45) is 3.31. The molecule has 1 heterocycles. The van der Waals surface area contributed by atoms with E-state index >= 15 is 0 Å². The van der Waals surface area contributed by atoms with Crippen LogP contribution in [0.1, 0.15) is 34.8 Å². The van der Waals surface area contributed by atoms with Gasteiger partial charge in [-0.05, 0) is 50.2 Å². The van der Waals surface area contributed by atoms with Gasteiger partial charge in [0.15, 0.2) is 9.84 Å². The minimum atomic E-state index is -3.52. The molecular formula is C21H25ClN2O4S. The van der Waals surface area contributed by atoms with Gasteiger partial charge in [0.25, 0.3) is 5.91 Å². The van der Waals surface area contributed by atoms with Crippen LogP contribution in [0.5, 0.6) is 5.75 Å². The molecule has 1 amide bonds. The van der Waals surface area contributed by atoms with E-state index in [2.05, 4.69) is 10.2 Å². The van der Waals surface area contributed by atoms with Gasteiger partial charge in [-0.25, -0.2) is 8.42 Å². The largest absolute Gasteiger partial charge is 0.496 e. The first-order valence-electron chi connectivity index (χ1n) is 9.46. The average molecular weight is 437 g/mol.